The smallest absolute Gasteiger partial charge is 0.243 e. The molecule has 0 aromatic carbocycles. The fourth-order valence-corrected chi connectivity index (χ4v) is 5.95. The number of imidazole rings is 1. The molecule has 3 rings (SSSR count). The van der Waals surface area contributed by atoms with E-state index in [1.165, 1.54) is 6.42 Å². The average Bonchev–Trinajstić information content (AvgIpc) is 3.15. The van der Waals surface area contributed by atoms with Crippen LogP contribution in [0.4, 0.5) is 0 Å². The maximum Gasteiger partial charge on any atom is 0.243 e. The van der Waals surface area contributed by atoms with Gasteiger partial charge in [-0.3, -0.25) is 4.79 Å². The van der Waals surface area contributed by atoms with E-state index in [-0.39, 0.29) is 42.0 Å². The first kappa shape index (κ1) is 18.4. The SMILES string of the molecule is CC(C)c1nccn1CC(=O)N(C1CCCCC1)C1CCS(=O)(=O)C1. The topological polar surface area (TPSA) is 72.3 Å². The van der Waals surface area contributed by atoms with Gasteiger partial charge in [-0.15, -0.1) is 0 Å². The lowest BCUT2D eigenvalue weighted by Gasteiger charge is -2.38. The van der Waals surface area contributed by atoms with Crippen LogP contribution in [0.3, 0.4) is 0 Å². The highest BCUT2D eigenvalue weighted by Gasteiger charge is 2.38. The number of aromatic nitrogens is 2. The zero-order valence-electron chi connectivity index (χ0n) is 15.2. The lowest BCUT2D eigenvalue weighted by molar-refractivity contribution is -0.137. The lowest BCUT2D eigenvalue weighted by Crippen LogP contribution is -2.49. The van der Waals surface area contributed by atoms with Crippen molar-refractivity contribution in [3.05, 3.63) is 18.2 Å². The normalized spacial score (nSPS) is 23.9. The molecule has 1 amide bonds. The molecule has 1 aromatic heterocycles. The van der Waals surface area contributed by atoms with Crippen LogP contribution in [0.15, 0.2) is 12.4 Å². The highest BCUT2D eigenvalue weighted by molar-refractivity contribution is 7.91. The second kappa shape index (κ2) is 7.48. The van der Waals surface area contributed by atoms with E-state index in [2.05, 4.69) is 18.8 Å². The van der Waals surface area contributed by atoms with Gasteiger partial charge in [0.05, 0.1) is 11.5 Å². The fourth-order valence-electron chi connectivity index (χ4n) is 4.24. The van der Waals surface area contributed by atoms with E-state index in [1.807, 2.05) is 15.7 Å². The number of hydrogen-bond donors (Lipinski definition) is 0. The van der Waals surface area contributed by atoms with Gasteiger partial charge in [0, 0.05) is 30.4 Å². The van der Waals surface area contributed by atoms with Gasteiger partial charge in [-0.05, 0) is 19.3 Å². The molecule has 0 spiro atoms. The highest BCUT2D eigenvalue weighted by Crippen LogP contribution is 2.29. The van der Waals surface area contributed by atoms with Gasteiger partial charge in [-0.25, -0.2) is 13.4 Å². The number of amides is 1. The van der Waals surface area contributed by atoms with Crippen LogP contribution in [-0.4, -0.2) is 52.4 Å². The predicted octanol–water partition coefficient (Wildman–Crippen LogP) is 2.35. The van der Waals surface area contributed by atoms with E-state index >= 15 is 0 Å². The van der Waals surface area contributed by atoms with Crippen LogP contribution in [0.2, 0.25) is 0 Å². The quantitative estimate of drug-likeness (QED) is 0.801. The summed E-state index contributed by atoms with van der Waals surface area (Å²) in [5.41, 5.74) is 0. The summed E-state index contributed by atoms with van der Waals surface area (Å²) < 4.78 is 25.8. The molecule has 0 N–H and O–H groups in total. The van der Waals surface area contributed by atoms with Gasteiger partial charge in [0.25, 0.3) is 0 Å². The van der Waals surface area contributed by atoms with Gasteiger partial charge in [0.1, 0.15) is 12.4 Å². The molecule has 0 radical (unpaired) electrons. The molecule has 2 fully saturated rings. The number of carbonyl (C=O) groups excluding carboxylic acids is 1. The molecule has 1 atom stereocenters. The standard InChI is InChI=1S/C18H29N3O3S/c1-14(2)18-19-9-10-20(18)12-17(22)21(15-6-4-3-5-7-15)16-8-11-25(23,24)13-16/h9-10,14-16H,3-8,11-13H2,1-2H3. The predicted molar refractivity (Wildman–Crippen MR) is 97.1 cm³/mol. The molecule has 0 bridgehead atoms. The monoisotopic (exact) mass is 367 g/mol. The van der Waals surface area contributed by atoms with Crippen molar-refractivity contribution in [2.24, 2.45) is 0 Å². The molecule has 2 aliphatic rings. The van der Waals surface area contributed by atoms with Gasteiger partial charge in [-0.2, -0.15) is 0 Å². The molecule has 140 valence electrons. The molecule has 7 heteroatoms. The molecule has 6 nitrogen and oxygen atoms in total. The maximum absolute atomic E-state index is 13.2. The van der Waals surface area contributed by atoms with Crippen molar-refractivity contribution >= 4 is 15.7 Å². The summed E-state index contributed by atoms with van der Waals surface area (Å²) in [5.74, 6) is 1.51. The molecule has 25 heavy (non-hydrogen) atoms. The van der Waals surface area contributed by atoms with Crippen LogP contribution in [0.1, 0.15) is 64.1 Å². The van der Waals surface area contributed by atoms with Crippen molar-refractivity contribution < 1.29 is 13.2 Å². The molecule has 1 unspecified atom stereocenters. The number of rotatable bonds is 5. The maximum atomic E-state index is 13.2. The van der Waals surface area contributed by atoms with Crippen molar-refractivity contribution in [1.29, 1.82) is 0 Å². The van der Waals surface area contributed by atoms with Crippen LogP contribution >= 0.6 is 0 Å². The van der Waals surface area contributed by atoms with Crippen LogP contribution in [0.5, 0.6) is 0 Å². The Bertz CT molecular complexity index is 705. The van der Waals surface area contributed by atoms with Crippen molar-refractivity contribution in [2.45, 2.75) is 76.9 Å². The minimum Gasteiger partial charge on any atom is -0.334 e. The zero-order chi connectivity index (χ0) is 18.0. The van der Waals surface area contributed by atoms with E-state index in [0.29, 0.717) is 6.42 Å². The van der Waals surface area contributed by atoms with E-state index < -0.39 is 9.84 Å². The number of carbonyl (C=O) groups is 1. The van der Waals surface area contributed by atoms with Crippen molar-refractivity contribution in [3.63, 3.8) is 0 Å². The van der Waals surface area contributed by atoms with Crippen LogP contribution in [0, 0.1) is 0 Å². The van der Waals surface area contributed by atoms with Gasteiger partial charge < -0.3 is 9.47 Å². The molecule has 1 aliphatic carbocycles. The molecule has 1 saturated carbocycles. The Morgan fingerprint density at radius 2 is 1.96 bits per heavy atom. The van der Waals surface area contributed by atoms with Gasteiger partial charge >= 0.3 is 0 Å². The average molecular weight is 368 g/mol. The van der Waals surface area contributed by atoms with E-state index in [9.17, 15) is 13.2 Å². The minimum atomic E-state index is -3.01. The second-order valence-corrected chi connectivity index (χ2v) is 9.95. The minimum absolute atomic E-state index is 0.0360. The van der Waals surface area contributed by atoms with E-state index in [4.69, 9.17) is 0 Å². The Balaban J connectivity index is 1.80. The summed E-state index contributed by atoms with van der Waals surface area (Å²) in [7, 11) is -3.01. The summed E-state index contributed by atoms with van der Waals surface area (Å²) in [4.78, 5) is 19.4. The fraction of sp³-hybridized carbons (Fsp3) is 0.778. The molecule has 1 aliphatic heterocycles. The molecule has 1 saturated heterocycles. The summed E-state index contributed by atoms with van der Waals surface area (Å²) >= 11 is 0. The third kappa shape index (κ3) is 4.25. The molecular formula is C18H29N3O3S. The Morgan fingerprint density at radius 1 is 1.24 bits per heavy atom. The lowest BCUT2D eigenvalue weighted by atomic mass is 9.93. The Labute approximate surface area is 150 Å². The first-order valence-electron chi connectivity index (χ1n) is 9.40. The molecular weight excluding hydrogens is 338 g/mol. The zero-order valence-corrected chi connectivity index (χ0v) is 16.0. The van der Waals surface area contributed by atoms with Crippen LogP contribution in [0.25, 0.3) is 0 Å². The Hall–Kier alpha value is -1.37. The van der Waals surface area contributed by atoms with Crippen LogP contribution < -0.4 is 0 Å². The summed E-state index contributed by atoms with van der Waals surface area (Å²) in [6.07, 6.45) is 9.58. The second-order valence-electron chi connectivity index (χ2n) is 7.72. The van der Waals surface area contributed by atoms with Crippen molar-refractivity contribution in [2.75, 3.05) is 11.5 Å². The molecule has 1 aromatic rings. The van der Waals surface area contributed by atoms with Gasteiger partial charge in [0.2, 0.25) is 5.91 Å². The summed E-state index contributed by atoms with van der Waals surface area (Å²) in [5, 5.41) is 0. The largest absolute Gasteiger partial charge is 0.334 e. The third-order valence-electron chi connectivity index (χ3n) is 5.43. The van der Waals surface area contributed by atoms with Crippen molar-refractivity contribution in [3.8, 4) is 0 Å². The van der Waals surface area contributed by atoms with E-state index in [1.54, 1.807) is 6.20 Å². The van der Waals surface area contributed by atoms with Gasteiger partial charge in [0.15, 0.2) is 9.84 Å². The van der Waals surface area contributed by atoms with Crippen molar-refractivity contribution in [1.82, 2.24) is 14.5 Å². The number of nitrogens with zero attached hydrogens (tertiary/aromatic N) is 3. The van der Waals surface area contributed by atoms with E-state index in [0.717, 1.165) is 31.5 Å². The highest BCUT2D eigenvalue weighted by atomic mass is 32.2. The number of hydrogen-bond acceptors (Lipinski definition) is 4. The third-order valence-corrected chi connectivity index (χ3v) is 7.18. The molecule has 2 heterocycles. The summed E-state index contributed by atoms with van der Waals surface area (Å²) in [6.45, 7) is 4.37. The Morgan fingerprint density at radius 3 is 2.56 bits per heavy atom. The van der Waals surface area contributed by atoms with Crippen LogP contribution in [-0.2, 0) is 21.2 Å². The Kier molecular flexibility index (Phi) is 5.51. The summed E-state index contributed by atoms with van der Waals surface area (Å²) in [6, 6.07) is 0.0252. The van der Waals surface area contributed by atoms with Gasteiger partial charge in [-0.1, -0.05) is 33.1 Å². The first-order chi connectivity index (χ1) is 11.9. The first-order valence-corrected chi connectivity index (χ1v) is 11.2. The number of sulfone groups is 1.